The minimum Gasteiger partial charge on any atom is -0.412 e. The van der Waals surface area contributed by atoms with Crippen molar-refractivity contribution in [3.8, 4) is 0 Å². The van der Waals surface area contributed by atoms with Crippen molar-refractivity contribution < 1.29 is 66.2 Å². The molecule has 32 heavy (non-hydrogen) atoms. The van der Waals surface area contributed by atoms with E-state index in [2.05, 4.69) is 29.1 Å². The number of carbonyl (C=O) groups excluding carboxylic acids is 1. The summed E-state index contributed by atoms with van der Waals surface area (Å²) < 4.78 is 50.4. The molecule has 0 aromatic rings. The van der Waals surface area contributed by atoms with Crippen molar-refractivity contribution in [2.24, 2.45) is 0 Å². The number of ether oxygens (including phenoxy) is 1. The maximum Gasteiger partial charge on any atom is 0.535 e. The summed E-state index contributed by atoms with van der Waals surface area (Å²) in [5.74, 6) is -0.267. The maximum absolute atomic E-state index is 11.9. The minimum atomic E-state index is -5.68. The molecule has 0 bridgehead atoms. The highest BCUT2D eigenvalue weighted by atomic mass is 31.3. The second-order valence-electron chi connectivity index (χ2n) is 6.72. The van der Waals surface area contributed by atoms with E-state index in [0.717, 1.165) is 6.08 Å². The van der Waals surface area contributed by atoms with Crippen LogP contribution < -0.4 is 16.0 Å². The number of carbonyl (C=O) groups is 1. The number of phosphoric acid groups is 3. The third-order valence-corrected chi connectivity index (χ3v) is 8.22. The van der Waals surface area contributed by atoms with E-state index in [-0.39, 0.29) is 19.2 Å². The number of nitrogens with zero attached hydrogens (tertiary/aromatic N) is 1. The van der Waals surface area contributed by atoms with E-state index in [1.165, 1.54) is 0 Å². The van der Waals surface area contributed by atoms with Crippen LogP contribution in [0, 0.1) is 0 Å². The Morgan fingerprint density at radius 3 is 2.38 bits per heavy atom. The average Bonchev–Trinajstić information content (AvgIpc) is 3.16. The summed E-state index contributed by atoms with van der Waals surface area (Å²) in [6, 6.07) is -0.628. The number of nitrogens with one attached hydrogen (secondary N) is 3. The van der Waals surface area contributed by atoms with Gasteiger partial charge in [-0.05, 0) is 6.08 Å². The fourth-order valence-electron chi connectivity index (χ4n) is 3.28. The highest BCUT2D eigenvalue weighted by Crippen LogP contribution is 2.66. The Hall–Kier alpha value is -0.780. The van der Waals surface area contributed by atoms with Crippen LogP contribution in [0.1, 0.15) is 0 Å². The topological polar surface area (TPSA) is 266 Å². The molecule has 1 amide bonds. The van der Waals surface area contributed by atoms with Gasteiger partial charge in [0.2, 0.25) is 5.91 Å². The SMILES string of the molecule is O=C1NCNC2C1NCN2C1O[C@H](/C=C/OP(=O)(O)OP(=O)(O)OP(=O)(O)O)[C@@H](O)[C@H]1O. The number of aliphatic hydroxyl groups excluding tert-OH is 2. The van der Waals surface area contributed by atoms with Crippen LogP contribution in [0.2, 0.25) is 0 Å². The third kappa shape index (κ3) is 6.21. The van der Waals surface area contributed by atoms with Crippen molar-refractivity contribution in [1.82, 2.24) is 20.9 Å². The van der Waals surface area contributed by atoms with Crippen LogP contribution in [-0.4, -0.2) is 90.7 Å². The van der Waals surface area contributed by atoms with Crippen molar-refractivity contribution >= 4 is 29.4 Å². The second kappa shape index (κ2) is 9.46. The Labute approximate surface area is 179 Å². The van der Waals surface area contributed by atoms with Gasteiger partial charge in [0.15, 0.2) is 0 Å². The molecule has 8 atom stereocenters. The van der Waals surface area contributed by atoms with E-state index in [9.17, 15) is 33.6 Å². The molecular formula is C11H21N4O14P3. The lowest BCUT2D eigenvalue weighted by Crippen LogP contribution is -2.64. The highest BCUT2D eigenvalue weighted by molar-refractivity contribution is 7.66. The zero-order chi connectivity index (χ0) is 23.9. The van der Waals surface area contributed by atoms with Crippen molar-refractivity contribution in [1.29, 1.82) is 0 Å². The standard InChI is InChI=1S/C11H21N4O14P3/c16-7-5(1-2-26-31(22,23)29-32(24,25)28-30(19,20)21)27-11(8(7)17)15-4-14-6-9(15)12-3-13-10(6)18/h1-2,5-9,11-12,14,16-17H,3-4H2,(H,13,18)(H,22,23)(H,24,25)(H2,19,20,21)/b2-1+/t5-,6?,7-,8-,9?,11?/m1/s1. The molecule has 0 aromatic carbocycles. The Morgan fingerprint density at radius 1 is 1.03 bits per heavy atom. The summed E-state index contributed by atoms with van der Waals surface area (Å²) in [6.07, 6.45) is -4.56. The molecule has 21 heteroatoms. The summed E-state index contributed by atoms with van der Waals surface area (Å²) in [4.78, 5) is 48.9. The predicted octanol–water partition coefficient (Wildman–Crippen LogP) is -3.48. The predicted molar refractivity (Wildman–Crippen MR) is 98.3 cm³/mol. The third-order valence-electron chi connectivity index (χ3n) is 4.50. The molecule has 5 unspecified atom stereocenters. The molecule has 184 valence electrons. The first-order chi connectivity index (χ1) is 14.7. The van der Waals surface area contributed by atoms with Gasteiger partial charge in [0.1, 0.15) is 30.6 Å². The van der Waals surface area contributed by atoms with Gasteiger partial charge in [-0.2, -0.15) is 8.62 Å². The van der Waals surface area contributed by atoms with Crippen molar-refractivity contribution in [3.63, 3.8) is 0 Å². The minimum absolute atomic E-state index is 0.127. The molecule has 0 aromatic heterocycles. The molecule has 0 aliphatic carbocycles. The monoisotopic (exact) mass is 526 g/mol. The number of hydrogen-bond donors (Lipinski definition) is 9. The van der Waals surface area contributed by atoms with Crippen molar-refractivity contribution in [2.75, 3.05) is 13.3 Å². The van der Waals surface area contributed by atoms with E-state index in [1.807, 2.05) is 0 Å². The normalized spacial score (nSPS) is 37.6. The van der Waals surface area contributed by atoms with Gasteiger partial charge < -0.3 is 39.5 Å². The van der Waals surface area contributed by atoms with Crippen molar-refractivity contribution in [3.05, 3.63) is 12.3 Å². The molecule has 3 aliphatic heterocycles. The van der Waals surface area contributed by atoms with Crippen LogP contribution in [0.3, 0.4) is 0 Å². The van der Waals surface area contributed by atoms with Gasteiger partial charge in [0, 0.05) is 0 Å². The zero-order valence-corrected chi connectivity index (χ0v) is 18.5. The molecular weight excluding hydrogens is 505 g/mol. The number of hydrogen-bond acceptors (Lipinski definition) is 13. The smallest absolute Gasteiger partial charge is 0.412 e. The van der Waals surface area contributed by atoms with Crippen LogP contribution in [0.5, 0.6) is 0 Å². The number of amides is 1. The van der Waals surface area contributed by atoms with Gasteiger partial charge in [-0.1, -0.05) is 0 Å². The zero-order valence-electron chi connectivity index (χ0n) is 15.8. The number of rotatable bonds is 8. The van der Waals surface area contributed by atoms with Crippen LogP contribution in [0.25, 0.3) is 0 Å². The molecule has 3 rings (SSSR count). The summed E-state index contributed by atoms with van der Waals surface area (Å²) in [5.41, 5.74) is 0. The Morgan fingerprint density at radius 2 is 1.72 bits per heavy atom. The Bertz CT molecular complexity index is 897. The summed E-state index contributed by atoms with van der Waals surface area (Å²) >= 11 is 0. The van der Waals surface area contributed by atoms with Gasteiger partial charge in [-0.15, -0.1) is 0 Å². The van der Waals surface area contributed by atoms with Crippen LogP contribution in [0.4, 0.5) is 0 Å². The molecule has 3 saturated heterocycles. The number of phosphoric ester groups is 1. The second-order valence-corrected chi connectivity index (χ2v) is 11.1. The first kappa shape index (κ1) is 25.8. The first-order valence-corrected chi connectivity index (χ1v) is 13.2. The lowest BCUT2D eigenvalue weighted by Gasteiger charge is -2.35. The molecule has 3 fully saturated rings. The molecule has 18 nitrogen and oxygen atoms in total. The Kier molecular flexibility index (Phi) is 7.64. The summed E-state index contributed by atoms with van der Waals surface area (Å²) in [7, 11) is -16.6. The fraction of sp³-hybridized carbons (Fsp3) is 0.727. The Balaban J connectivity index is 1.59. The lowest BCUT2D eigenvalue weighted by molar-refractivity contribution is -0.129. The molecule has 3 aliphatic rings. The van der Waals surface area contributed by atoms with E-state index in [4.69, 9.17) is 19.4 Å². The van der Waals surface area contributed by atoms with Crippen LogP contribution in [0.15, 0.2) is 12.3 Å². The average molecular weight is 526 g/mol. The van der Waals surface area contributed by atoms with Gasteiger partial charge in [0.25, 0.3) is 0 Å². The van der Waals surface area contributed by atoms with E-state index in [1.54, 1.807) is 4.90 Å². The summed E-state index contributed by atoms with van der Waals surface area (Å²) in [6.45, 7) is 0.301. The quantitative estimate of drug-likeness (QED) is 0.110. The summed E-state index contributed by atoms with van der Waals surface area (Å²) in [5, 5.41) is 29.0. The van der Waals surface area contributed by atoms with Gasteiger partial charge in [-0.25, -0.2) is 18.6 Å². The van der Waals surface area contributed by atoms with Gasteiger partial charge in [0.05, 0.1) is 25.8 Å². The molecule has 3 heterocycles. The first-order valence-electron chi connectivity index (χ1n) is 8.70. The van der Waals surface area contributed by atoms with E-state index >= 15 is 0 Å². The van der Waals surface area contributed by atoms with Crippen LogP contribution >= 0.6 is 23.5 Å². The van der Waals surface area contributed by atoms with Crippen molar-refractivity contribution in [2.45, 2.75) is 36.7 Å². The molecule has 0 spiro atoms. The molecule has 0 radical (unpaired) electrons. The number of fused-ring (bicyclic) bond motifs is 1. The molecule has 0 saturated carbocycles. The molecule has 9 N–H and O–H groups in total. The van der Waals surface area contributed by atoms with Crippen LogP contribution in [-0.2, 0) is 36.4 Å². The van der Waals surface area contributed by atoms with Gasteiger partial charge >= 0.3 is 23.5 Å². The lowest BCUT2D eigenvalue weighted by atomic mass is 10.1. The fourth-order valence-corrected chi connectivity index (χ4v) is 6.17. The largest absolute Gasteiger partial charge is 0.535 e. The number of aliphatic hydroxyl groups is 2. The van der Waals surface area contributed by atoms with E-state index in [0.29, 0.717) is 6.26 Å². The maximum atomic E-state index is 11.9. The van der Waals surface area contributed by atoms with E-state index < -0.39 is 60.2 Å². The highest BCUT2D eigenvalue weighted by Gasteiger charge is 2.51. The van der Waals surface area contributed by atoms with Gasteiger partial charge in [-0.3, -0.25) is 20.3 Å².